The molecule has 0 aliphatic carbocycles. The number of hydrogen-bond acceptors (Lipinski definition) is 6. The normalized spacial score (nSPS) is 30.1. The average Bonchev–Trinajstić information content (AvgIpc) is 3.49. The first-order chi connectivity index (χ1) is 17.5. The number of fused-ring (bicyclic) bond motifs is 1. The van der Waals surface area contributed by atoms with Gasteiger partial charge in [0.2, 0.25) is 11.8 Å². The van der Waals surface area contributed by atoms with Gasteiger partial charge in [-0.2, -0.15) is 0 Å². The fourth-order valence-corrected chi connectivity index (χ4v) is 8.63. The van der Waals surface area contributed by atoms with Gasteiger partial charge in [0.15, 0.2) is 0 Å². The zero-order valence-electron chi connectivity index (χ0n) is 23.3. The first-order valence-corrected chi connectivity index (χ1v) is 14.7. The first-order valence-electron chi connectivity index (χ1n) is 13.8. The third-order valence-electron chi connectivity index (χ3n) is 8.52. The summed E-state index contributed by atoms with van der Waals surface area (Å²) in [6, 6.07) is -1.23. The number of rotatable bonds is 13. The second-order valence-corrected chi connectivity index (χ2v) is 13.4. The maximum atomic E-state index is 14.4. The van der Waals surface area contributed by atoms with Crippen LogP contribution < -0.4 is 0 Å². The second-order valence-electron chi connectivity index (χ2n) is 11.8. The van der Waals surface area contributed by atoms with Gasteiger partial charge in [-0.05, 0) is 58.8 Å². The van der Waals surface area contributed by atoms with Crippen molar-refractivity contribution in [2.45, 2.75) is 101 Å². The van der Waals surface area contributed by atoms with E-state index in [1.807, 2.05) is 40.7 Å². The SMILES string of the molecule is C=CCCCCOC(=O)[C@@H]1[C@@H]2CCC3(S2)C(C(=O)N(CC=C)C(C)(C)C)N([C@@H](CO)[C@@H](C)CC)C(=O)[C@H]13. The van der Waals surface area contributed by atoms with Crippen LogP contribution in [0, 0.1) is 17.8 Å². The Morgan fingerprint density at radius 3 is 2.57 bits per heavy atom. The Balaban J connectivity index is 2.01. The van der Waals surface area contributed by atoms with Crippen LogP contribution in [0.1, 0.15) is 73.1 Å². The highest BCUT2D eigenvalue weighted by Crippen LogP contribution is 2.67. The minimum Gasteiger partial charge on any atom is -0.465 e. The van der Waals surface area contributed by atoms with Gasteiger partial charge in [-0.3, -0.25) is 14.4 Å². The molecule has 1 spiro atoms. The van der Waals surface area contributed by atoms with E-state index in [1.54, 1.807) is 27.6 Å². The molecule has 3 saturated heterocycles. The minimum atomic E-state index is -0.740. The summed E-state index contributed by atoms with van der Waals surface area (Å²) in [5.74, 6) is -1.82. The lowest BCUT2D eigenvalue weighted by molar-refractivity contribution is -0.155. The summed E-state index contributed by atoms with van der Waals surface area (Å²) in [7, 11) is 0. The highest BCUT2D eigenvalue weighted by Gasteiger charge is 2.75. The van der Waals surface area contributed by atoms with Crippen LogP contribution in [-0.2, 0) is 19.1 Å². The van der Waals surface area contributed by atoms with Gasteiger partial charge in [-0.15, -0.1) is 24.9 Å². The van der Waals surface area contributed by atoms with E-state index in [1.165, 1.54) is 0 Å². The van der Waals surface area contributed by atoms with Crippen LogP contribution >= 0.6 is 11.8 Å². The Labute approximate surface area is 227 Å². The van der Waals surface area contributed by atoms with Crippen LogP contribution in [-0.4, -0.2) is 80.1 Å². The number of allylic oxidation sites excluding steroid dienone is 1. The number of carbonyl (C=O) groups is 3. The van der Waals surface area contributed by atoms with Gasteiger partial charge in [-0.25, -0.2) is 0 Å². The van der Waals surface area contributed by atoms with E-state index in [4.69, 9.17) is 4.74 Å². The predicted molar refractivity (Wildman–Crippen MR) is 148 cm³/mol. The molecule has 1 N–H and O–H groups in total. The van der Waals surface area contributed by atoms with Gasteiger partial charge in [0.25, 0.3) is 0 Å². The fourth-order valence-electron chi connectivity index (χ4n) is 6.44. The smallest absolute Gasteiger partial charge is 0.310 e. The molecule has 0 aromatic carbocycles. The summed E-state index contributed by atoms with van der Waals surface area (Å²) in [5, 5.41) is 10.4. The zero-order valence-corrected chi connectivity index (χ0v) is 24.1. The Kier molecular flexibility index (Phi) is 9.60. The number of esters is 1. The summed E-state index contributed by atoms with van der Waals surface area (Å²) in [6.45, 7) is 18.0. The molecule has 3 aliphatic rings. The molecule has 8 heteroatoms. The van der Waals surface area contributed by atoms with Gasteiger partial charge >= 0.3 is 5.97 Å². The van der Waals surface area contributed by atoms with Gasteiger partial charge in [-0.1, -0.05) is 32.4 Å². The zero-order chi connectivity index (χ0) is 27.5. The number of likely N-dealkylation sites (tertiary alicyclic amines) is 1. The molecule has 2 amide bonds. The molecule has 0 aromatic rings. The summed E-state index contributed by atoms with van der Waals surface area (Å²) in [5.41, 5.74) is -0.481. The van der Waals surface area contributed by atoms with Crippen molar-refractivity contribution in [2.75, 3.05) is 19.8 Å². The molecule has 3 fully saturated rings. The van der Waals surface area contributed by atoms with Gasteiger partial charge in [0.05, 0.1) is 35.8 Å². The number of unbranched alkanes of at least 4 members (excludes halogenated alkanes) is 2. The van der Waals surface area contributed by atoms with Crippen molar-refractivity contribution in [3.05, 3.63) is 25.3 Å². The number of ether oxygens (including phenoxy) is 1. The van der Waals surface area contributed by atoms with Gasteiger partial charge < -0.3 is 19.6 Å². The molecule has 37 heavy (non-hydrogen) atoms. The molecule has 2 unspecified atom stereocenters. The quantitative estimate of drug-likeness (QED) is 0.217. The number of aliphatic hydroxyl groups excluding tert-OH is 1. The minimum absolute atomic E-state index is 0.000528. The van der Waals surface area contributed by atoms with Gasteiger partial charge in [0, 0.05) is 17.3 Å². The lowest BCUT2D eigenvalue weighted by atomic mass is 9.71. The molecule has 3 aliphatic heterocycles. The molecule has 3 heterocycles. The highest BCUT2D eigenvalue weighted by molar-refractivity contribution is 8.02. The Morgan fingerprint density at radius 2 is 2.00 bits per heavy atom. The van der Waals surface area contributed by atoms with Crippen LogP contribution in [0.5, 0.6) is 0 Å². The largest absolute Gasteiger partial charge is 0.465 e. The molecule has 208 valence electrons. The number of amides is 2. The number of aliphatic hydroxyl groups is 1. The Morgan fingerprint density at radius 1 is 1.30 bits per heavy atom. The maximum Gasteiger partial charge on any atom is 0.310 e. The summed E-state index contributed by atoms with van der Waals surface area (Å²) >= 11 is 1.64. The van der Waals surface area contributed by atoms with Crippen LogP contribution in [0.3, 0.4) is 0 Å². The van der Waals surface area contributed by atoms with Crippen molar-refractivity contribution in [1.82, 2.24) is 9.80 Å². The lowest BCUT2D eigenvalue weighted by Crippen LogP contribution is -2.61. The maximum absolute atomic E-state index is 14.4. The van der Waals surface area contributed by atoms with Crippen molar-refractivity contribution < 1.29 is 24.2 Å². The van der Waals surface area contributed by atoms with Crippen LogP contribution in [0.4, 0.5) is 0 Å². The molecule has 7 atom stereocenters. The number of nitrogens with zero attached hydrogens (tertiary/aromatic N) is 2. The van der Waals surface area contributed by atoms with Crippen molar-refractivity contribution in [3.8, 4) is 0 Å². The number of carbonyl (C=O) groups excluding carboxylic acids is 3. The third kappa shape index (κ3) is 5.38. The fraction of sp³-hybridized carbons (Fsp3) is 0.759. The van der Waals surface area contributed by atoms with E-state index in [9.17, 15) is 19.5 Å². The molecule has 0 radical (unpaired) electrons. The predicted octanol–water partition coefficient (Wildman–Crippen LogP) is 4.20. The topological polar surface area (TPSA) is 87.2 Å². The molecule has 2 bridgehead atoms. The van der Waals surface area contributed by atoms with E-state index >= 15 is 0 Å². The van der Waals surface area contributed by atoms with Crippen molar-refractivity contribution >= 4 is 29.5 Å². The van der Waals surface area contributed by atoms with Crippen LogP contribution in [0.25, 0.3) is 0 Å². The average molecular weight is 535 g/mol. The van der Waals surface area contributed by atoms with E-state index < -0.39 is 34.2 Å². The standard InChI is InChI=1S/C29H46N2O5S/c1-8-11-12-13-17-36-27(35)22-21-14-15-29(37-21)23(22)25(33)31(20(18-32)19(4)10-3)24(29)26(34)30(16-9-2)28(5,6)7/h8-9,19-24,32H,1-2,10-18H2,3-7H3/t19-,20-,21-,22+,23-,24?,29?/m0/s1. The van der Waals surface area contributed by atoms with Crippen LogP contribution in [0.15, 0.2) is 25.3 Å². The summed E-state index contributed by atoms with van der Waals surface area (Å²) in [6.07, 6.45) is 8.31. The summed E-state index contributed by atoms with van der Waals surface area (Å²) < 4.78 is 4.99. The molecule has 3 rings (SSSR count). The van der Waals surface area contributed by atoms with Crippen molar-refractivity contribution in [2.24, 2.45) is 17.8 Å². The summed E-state index contributed by atoms with van der Waals surface area (Å²) in [4.78, 5) is 45.5. The van der Waals surface area contributed by atoms with Crippen molar-refractivity contribution in [1.29, 1.82) is 0 Å². The number of thioether (sulfide) groups is 1. The lowest BCUT2D eigenvalue weighted by Gasteiger charge is -2.44. The molecular weight excluding hydrogens is 488 g/mol. The third-order valence-corrected chi connectivity index (χ3v) is 10.5. The van der Waals surface area contributed by atoms with E-state index in [2.05, 4.69) is 13.2 Å². The Bertz CT molecular complexity index is 886. The van der Waals surface area contributed by atoms with Crippen molar-refractivity contribution in [3.63, 3.8) is 0 Å². The second kappa shape index (κ2) is 11.9. The van der Waals surface area contributed by atoms with Crippen LogP contribution in [0.2, 0.25) is 0 Å². The van der Waals surface area contributed by atoms with E-state index in [0.717, 1.165) is 32.1 Å². The molecule has 0 aromatic heterocycles. The number of hydrogen-bond donors (Lipinski definition) is 1. The molecule has 0 saturated carbocycles. The molecular formula is C29H46N2O5S. The van der Waals surface area contributed by atoms with Gasteiger partial charge in [0.1, 0.15) is 6.04 Å². The Hall–Kier alpha value is -1.80. The monoisotopic (exact) mass is 534 g/mol. The first kappa shape index (κ1) is 29.8. The van der Waals surface area contributed by atoms with E-state index in [0.29, 0.717) is 19.6 Å². The van der Waals surface area contributed by atoms with E-state index in [-0.39, 0.29) is 35.6 Å². The molecule has 7 nitrogen and oxygen atoms in total. The highest BCUT2D eigenvalue weighted by atomic mass is 32.2.